The highest BCUT2D eigenvalue weighted by Crippen LogP contribution is 2.24. The van der Waals surface area contributed by atoms with E-state index in [1.54, 1.807) is 27.8 Å². The van der Waals surface area contributed by atoms with Crippen molar-refractivity contribution in [2.75, 3.05) is 0 Å². The van der Waals surface area contributed by atoms with Crippen molar-refractivity contribution in [3.8, 4) is 22.5 Å². The topological polar surface area (TPSA) is 109 Å². The third-order valence-corrected chi connectivity index (χ3v) is 5.95. The molecule has 168 valence electrons. The van der Waals surface area contributed by atoms with E-state index in [1.165, 1.54) is 0 Å². The summed E-state index contributed by atoms with van der Waals surface area (Å²) in [6.07, 6.45) is 9.04. The molecule has 0 saturated heterocycles. The molecule has 6 heterocycles. The minimum Gasteiger partial charge on any atom is -0.356 e. The lowest BCUT2D eigenvalue weighted by atomic mass is 10.1. The number of pyridine rings is 3. The first-order valence-corrected chi connectivity index (χ1v) is 10.8. The molecule has 6 aromatic rings. The molecule has 0 aliphatic rings. The highest BCUT2D eigenvalue weighted by Gasteiger charge is 2.19. The van der Waals surface area contributed by atoms with Crippen molar-refractivity contribution in [1.82, 2.24) is 39.1 Å². The van der Waals surface area contributed by atoms with Crippen LogP contribution in [0.1, 0.15) is 24.5 Å². The molecule has 0 saturated carbocycles. The van der Waals surface area contributed by atoms with E-state index in [4.69, 9.17) is 4.52 Å². The molecule has 0 unspecified atom stereocenters. The summed E-state index contributed by atoms with van der Waals surface area (Å²) in [5.74, 6) is 1.29. The third kappa shape index (κ3) is 3.19. The van der Waals surface area contributed by atoms with Crippen LogP contribution in [0.5, 0.6) is 0 Å². The zero-order valence-corrected chi connectivity index (χ0v) is 18.7. The monoisotopic (exact) mass is 452 g/mol. The SMILES string of the molecule is Cc1cc(-c2ccc3nnc([C@H](C)n4ccc5ncc(-c6cnn(C)c6)cc5c4=O)n3c2)on1. The van der Waals surface area contributed by atoms with E-state index in [1.807, 2.05) is 68.0 Å². The lowest BCUT2D eigenvalue weighted by molar-refractivity contribution is 0.427. The van der Waals surface area contributed by atoms with E-state index in [9.17, 15) is 4.79 Å². The molecule has 0 spiro atoms. The van der Waals surface area contributed by atoms with Crippen LogP contribution in [0.25, 0.3) is 39.0 Å². The number of hydrogen-bond acceptors (Lipinski definition) is 7. The average Bonchev–Trinajstić information content (AvgIpc) is 3.58. The molecule has 0 aromatic carbocycles. The molecule has 0 amide bonds. The molecule has 34 heavy (non-hydrogen) atoms. The van der Waals surface area contributed by atoms with E-state index in [-0.39, 0.29) is 11.6 Å². The predicted octanol–water partition coefficient (Wildman–Crippen LogP) is 3.41. The fourth-order valence-electron chi connectivity index (χ4n) is 4.13. The molecule has 10 heteroatoms. The van der Waals surface area contributed by atoms with Gasteiger partial charge in [-0.1, -0.05) is 5.16 Å². The van der Waals surface area contributed by atoms with Gasteiger partial charge in [0.25, 0.3) is 5.56 Å². The van der Waals surface area contributed by atoms with Crippen molar-refractivity contribution in [1.29, 1.82) is 0 Å². The van der Waals surface area contributed by atoms with Crippen LogP contribution < -0.4 is 5.56 Å². The first-order chi connectivity index (χ1) is 16.5. The minimum absolute atomic E-state index is 0.151. The molecule has 0 aliphatic heterocycles. The number of hydrogen-bond donors (Lipinski definition) is 0. The molecule has 6 rings (SSSR count). The molecule has 1 atom stereocenters. The molecule has 0 N–H and O–H groups in total. The van der Waals surface area contributed by atoms with Gasteiger partial charge in [0.2, 0.25) is 0 Å². The number of aryl methyl sites for hydroxylation is 2. The molecular weight excluding hydrogens is 432 g/mol. The van der Waals surface area contributed by atoms with Crippen LogP contribution in [0.3, 0.4) is 0 Å². The zero-order chi connectivity index (χ0) is 23.4. The van der Waals surface area contributed by atoms with Gasteiger partial charge in [-0.25, -0.2) is 0 Å². The van der Waals surface area contributed by atoms with Gasteiger partial charge < -0.3 is 9.09 Å². The highest BCUT2D eigenvalue weighted by atomic mass is 16.5. The fraction of sp³-hybridized carbons (Fsp3) is 0.167. The molecule has 6 aromatic heterocycles. The summed E-state index contributed by atoms with van der Waals surface area (Å²) in [5, 5.41) is 17.4. The van der Waals surface area contributed by atoms with Gasteiger partial charge >= 0.3 is 0 Å². The zero-order valence-electron chi connectivity index (χ0n) is 18.7. The van der Waals surface area contributed by atoms with Crippen molar-refractivity contribution < 1.29 is 4.52 Å². The standard InChI is InChI=1S/C24H20N8O2/c1-14-8-21(34-29-14)16-4-5-22-27-28-23(32(22)13-16)15(2)31-7-6-20-19(24(31)33)9-17(10-25-20)18-11-26-30(3)12-18/h4-13,15H,1-3H3/t15-/m0/s1. The summed E-state index contributed by atoms with van der Waals surface area (Å²) < 4.78 is 10.6. The third-order valence-electron chi connectivity index (χ3n) is 5.95. The van der Waals surface area contributed by atoms with Gasteiger partial charge in [-0.3, -0.25) is 18.9 Å². The Labute approximate surface area is 193 Å². The number of aromatic nitrogens is 8. The number of rotatable bonds is 4. The maximum Gasteiger partial charge on any atom is 0.260 e. The van der Waals surface area contributed by atoms with Crippen LogP contribution in [-0.4, -0.2) is 39.1 Å². The first kappa shape index (κ1) is 20.0. The van der Waals surface area contributed by atoms with Gasteiger partial charge in [0.15, 0.2) is 17.2 Å². The second kappa shape index (κ2) is 7.48. The summed E-state index contributed by atoms with van der Waals surface area (Å²) >= 11 is 0. The smallest absolute Gasteiger partial charge is 0.260 e. The normalized spacial score (nSPS) is 12.6. The average molecular weight is 452 g/mol. The first-order valence-electron chi connectivity index (χ1n) is 10.8. The van der Waals surface area contributed by atoms with Crippen LogP contribution in [0.2, 0.25) is 0 Å². The van der Waals surface area contributed by atoms with Crippen molar-refractivity contribution in [2.45, 2.75) is 19.9 Å². The lowest BCUT2D eigenvalue weighted by Crippen LogP contribution is -2.25. The maximum absolute atomic E-state index is 13.5. The van der Waals surface area contributed by atoms with Crippen molar-refractivity contribution in [3.05, 3.63) is 83.2 Å². The summed E-state index contributed by atoms with van der Waals surface area (Å²) in [4.78, 5) is 18.0. The van der Waals surface area contributed by atoms with E-state index in [0.717, 1.165) is 22.4 Å². The lowest BCUT2D eigenvalue weighted by Gasteiger charge is -2.15. The minimum atomic E-state index is -0.374. The summed E-state index contributed by atoms with van der Waals surface area (Å²) in [5.41, 5.74) is 4.54. The van der Waals surface area contributed by atoms with Crippen molar-refractivity contribution >= 4 is 16.6 Å². The van der Waals surface area contributed by atoms with E-state index in [2.05, 4.69) is 25.4 Å². The highest BCUT2D eigenvalue weighted by molar-refractivity contribution is 5.82. The van der Waals surface area contributed by atoms with Gasteiger partial charge in [-0.2, -0.15) is 5.10 Å². The van der Waals surface area contributed by atoms with E-state index < -0.39 is 0 Å². The molecule has 10 nitrogen and oxygen atoms in total. The van der Waals surface area contributed by atoms with Gasteiger partial charge in [-0.15, -0.1) is 10.2 Å². The number of fused-ring (bicyclic) bond motifs is 2. The second-order valence-corrected chi connectivity index (χ2v) is 8.30. The Hall–Kier alpha value is -4.60. The molecule has 0 fully saturated rings. The van der Waals surface area contributed by atoms with Crippen LogP contribution in [0.4, 0.5) is 0 Å². The number of nitrogens with zero attached hydrogens (tertiary/aromatic N) is 8. The summed E-state index contributed by atoms with van der Waals surface area (Å²) in [7, 11) is 1.85. The second-order valence-electron chi connectivity index (χ2n) is 8.30. The Morgan fingerprint density at radius 3 is 2.65 bits per heavy atom. The summed E-state index contributed by atoms with van der Waals surface area (Å²) in [6, 6.07) is 8.97. The largest absolute Gasteiger partial charge is 0.356 e. The molecular formula is C24H20N8O2. The van der Waals surface area contributed by atoms with Crippen LogP contribution in [-0.2, 0) is 7.05 Å². The Kier molecular flexibility index (Phi) is 4.41. The Balaban J connectivity index is 1.45. The summed E-state index contributed by atoms with van der Waals surface area (Å²) in [6.45, 7) is 3.80. The maximum atomic E-state index is 13.5. The van der Waals surface area contributed by atoms with Gasteiger partial charge in [0, 0.05) is 54.6 Å². The van der Waals surface area contributed by atoms with E-state index in [0.29, 0.717) is 28.1 Å². The van der Waals surface area contributed by atoms with Gasteiger partial charge in [0.05, 0.1) is 28.8 Å². The Bertz CT molecular complexity index is 1740. The quantitative estimate of drug-likeness (QED) is 0.403. The molecule has 0 radical (unpaired) electrons. The van der Waals surface area contributed by atoms with Crippen molar-refractivity contribution in [2.24, 2.45) is 7.05 Å². The molecule has 0 bridgehead atoms. The molecule has 0 aliphatic carbocycles. The van der Waals surface area contributed by atoms with E-state index >= 15 is 0 Å². The Morgan fingerprint density at radius 1 is 1.00 bits per heavy atom. The van der Waals surface area contributed by atoms with Crippen LogP contribution in [0, 0.1) is 6.92 Å². The van der Waals surface area contributed by atoms with Gasteiger partial charge in [0.1, 0.15) is 0 Å². The fourth-order valence-corrected chi connectivity index (χ4v) is 4.13. The van der Waals surface area contributed by atoms with Crippen LogP contribution >= 0.6 is 0 Å². The Morgan fingerprint density at radius 2 is 1.88 bits per heavy atom. The van der Waals surface area contributed by atoms with Crippen molar-refractivity contribution in [3.63, 3.8) is 0 Å². The van der Waals surface area contributed by atoms with Crippen LogP contribution in [0.15, 0.2) is 70.6 Å². The predicted molar refractivity (Wildman–Crippen MR) is 125 cm³/mol. The van der Waals surface area contributed by atoms with Gasteiger partial charge in [-0.05, 0) is 38.1 Å².